The van der Waals surface area contributed by atoms with Crippen molar-refractivity contribution in [2.75, 3.05) is 0 Å². The summed E-state index contributed by atoms with van der Waals surface area (Å²) in [6.07, 6.45) is 0.00949. The second-order valence-electron chi connectivity index (χ2n) is 6.44. The first-order valence-corrected chi connectivity index (χ1v) is 7.23. The molecule has 1 fully saturated rings. The molecule has 0 saturated heterocycles. The minimum Gasteiger partial charge on any atom is -0.489 e. The first-order valence-electron chi connectivity index (χ1n) is 6.47. The highest BCUT2D eigenvalue weighted by atomic mass is 35.5. The van der Waals surface area contributed by atoms with Crippen molar-refractivity contribution in [3.8, 4) is 11.8 Å². The minimum atomic E-state index is -0.0916. The molecule has 0 heterocycles. The summed E-state index contributed by atoms with van der Waals surface area (Å²) in [4.78, 5) is 2.85. The summed E-state index contributed by atoms with van der Waals surface area (Å²) in [5.41, 5.74) is 0.267. The smallest absolute Gasteiger partial charge is 0.121 e. The van der Waals surface area contributed by atoms with Gasteiger partial charge in [-0.15, -0.1) is 0 Å². The van der Waals surface area contributed by atoms with Gasteiger partial charge in [-0.3, -0.25) is 0 Å². The molecule has 1 N–H and O–H groups in total. The summed E-state index contributed by atoms with van der Waals surface area (Å²) in [5.74, 6) is 0.674. The van der Waals surface area contributed by atoms with E-state index in [0.717, 1.165) is 0 Å². The Kier molecular flexibility index (Phi) is 3.94. The molecule has 1 aliphatic carbocycles. The van der Waals surface area contributed by atoms with Crippen molar-refractivity contribution in [2.45, 2.75) is 39.8 Å². The Morgan fingerprint density at radius 1 is 1.25 bits per heavy atom. The van der Waals surface area contributed by atoms with E-state index in [4.69, 9.17) is 33.4 Å². The van der Waals surface area contributed by atoms with Crippen LogP contribution in [-0.2, 0) is 0 Å². The molecule has 0 radical (unpaired) electrons. The molecule has 108 valence electrons. The average Bonchev–Trinajstić information content (AvgIpc) is 2.35. The number of nitriles is 1. The average molecular weight is 313 g/mol. The van der Waals surface area contributed by atoms with Gasteiger partial charge in [0.1, 0.15) is 17.9 Å². The number of rotatable bonds is 3. The molecule has 0 unspecified atom stereocenters. The van der Waals surface area contributed by atoms with Crippen molar-refractivity contribution in [3.63, 3.8) is 0 Å². The Labute approximate surface area is 129 Å². The van der Waals surface area contributed by atoms with Gasteiger partial charge in [0.15, 0.2) is 0 Å². The Hall–Kier alpha value is -0.950. The molecule has 0 spiro atoms. The van der Waals surface area contributed by atoms with Crippen molar-refractivity contribution in [1.82, 2.24) is 4.84 Å². The zero-order valence-corrected chi connectivity index (χ0v) is 13.5. The van der Waals surface area contributed by atoms with E-state index in [1.54, 1.807) is 18.2 Å². The Morgan fingerprint density at radius 3 is 2.30 bits per heavy atom. The predicted molar refractivity (Wildman–Crippen MR) is 80.9 cm³/mol. The fraction of sp³-hybridized carbons (Fsp3) is 0.533. The van der Waals surface area contributed by atoms with E-state index in [9.17, 15) is 0 Å². The van der Waals surface area contributed by atoms with Crippen molar-refractivity contribution in [1.29, 1.82) is 5.26 Å². The SMILES string of the molecule is CC1(C)[C@H](NCl)C(C)(C)[C@H]1Oc1ccc(C#N)c(Cl)c1. The first kappa shape index (κ1) is 15.4. The molecular weight excluding hydrogens is 295 g/mol. The third-order valence-corrected chi connectivity index (χ3v) is 4.79. The lowest BCUT2D eigenvalue weighted by molar-refractivity contribution is -0.161. The van der Waals surface area contributed by atoms with E-state index < -0.39 is 0 Å². The van der Waals surface area contributed by atoms with Crippen LogP contribution in [0.15, 0.2) is 18.2 Å². The maximum atomic E-state index is 8.88. The number of hydrogen-bond acceptors (Lipinski definition) is 3. The first-order chi connectivity index (χ1) is 9.25. The summed E-state index contributed by atoms with van der Waals surface area (Å²) < 4.78 is 6.10. The summed E-state index contributed by atoms with van der Waals surface area (Å²) in [6, 6.07) is 7.34. The predicted octanol–water partition coefficient (Wildman–Crippen LogP) is 4.14. The molecule has 0 atom stereocenters. The third-order valence-electron chi connectivity index (χ3n) is 4.26. The van der Waals surface area contributed by atoms with Crippen LogP contribution in [0.5, 0.6) is 5.75 Å². The number of hydrogen-bond donors (Lipinski definition) is 1. The summed E-state index contributed by atoms with van der Waals surface area (Å²) in [5, 5.41) is 9.29. The Balaban J connectivity index is 2.23. The summed E-state index contributed by atoms with van der Waals surface area (Å²) in [7, 11) is 0. The van der Waals surface area contributed by atoms with E-state index >= 15 is 0 Å². The van der Waals surface area contributed by atoms with Crippen LogP contribution in [0.25, 0.3) is 0 Å². The lowest BCUT2D eigenvalue weighted by Crippen LogP contribution is -2.72. The van der Waals surface area contributed by atoms with Crippen LogP contribution in [-0.4, -0.2) is 12.1 Å². The molecule has 1 aliphatic rings. The molecule has 2 rings (SSSR count). The molecule has 0 amide bonds. The van der Waals surface area contributed by atoms with Crippen molar-refractivity contribution >= 4 is 23.4 Å². The van der Waals surface area contributed by atoms with Gasteiger partial charge in [0.05, 0.1) is 10.6 Å². The largest absolute Gasteiger partial charge is 0.489 e. The zero-order valence-electron chi connectivity index (χ0n) is 12.0. The van der Waals surface area contributed by atoms with Gasteiger partial charge in [-0.05, 0) is 23.9 Å². The molecule has 0 aromatic heterocycles. The normalized spacial score (nSPS) is 26.4. The molecule has 1 saturated carbocycles. The van der Waals surface area contributed by atoms with E-state index in [-0.39, 0.29) is 23.0 Å². The van der Waals surface area contributed by atoms with Gasteiger partial charge in [-0.2, -0.15) is 5.26 Å². The molecule has 0 bridgehead atoms. The van der Waals surface area contributed by atoms with Crippen LogP contribution in [0.2, 0.25) is 5.02 Å². The lowest BCUT2D eigenvalue weighted by Gasteiger charge is -2.62. The van der Waals surface area contributed by atoms with Crippen molar-refractivity contribution < 1.29 is 4.74 Å². The monoisotopic (exact) mass is 312 g/mol. The van der Waals surface area contributed by atoms with E-state index in [2.05, 4.69) is 32.5 Å². The number of nitrogens with zero attached hydrogens (tertiary/aromatic N) is 1. The fourth-order valence-electron chi connectivity index (χ4n) is 3.50. The molecule has 20 heavy (non-hydrogen) atoms. The van der Waals surface area contributed by atoms with Crippen molar-refractivity contribution in [3.05, 3.63) is 28.8 Å². The molecule has 1 aromatic carbocycles. The second kappa shape index (κ2) is 5.11. The highest BCUT2D eigenvalue weighted by molar-refractivity contribution is 6.31. The standard InChI is InChI=1S/C15H18Cl2N2O/c1-14(2)12(19-17)15(3,4)13(14)20-10-6-5-9(8-18)11(16)7-10/h5-7,12-13,19H,1-4H3/t12-,13-. The van der Waals surface area contributed by atoms with Crippen LogP contribution in [0.4, 0.5) is 0 Å². The van der Waals surface area contributed by atoms with Gasteiger partial charge in [0, 0.05) is 22.9 Å². The highest BCUT2D eigenvalue weighted by Crippen LogP contribution is 2.55. The number of nitrogens with one attached hydrogen (secondary N) is 1. The second-order valence-corrected chi connectivity index (χ2v) is 7.06. The zero-order chi connectivity index (χ0) is 15.1. The number of benzene rings is 1. The Morgan fingerprint density at radius 2 is 1.85 bits per heavy atom. The van der Waals surface area contributed by atoms with Gasteiger partial charge in [0.25, 0.3) is 0 Å². The highest BCUT2D eigenvalue weighted by Gasteiger charge is 2.63. The summed E-state index contributed by atoms with van der Waals surface area (Å²) >= 11 is 11.9. The van der Waals surface area contributed by atoms with Crippen LogP contribution >= 0.6 is 23.4 Å². The number of ether oxygens (including phenoxy) is 1. The van der Waals surface area contributed by atoms with Crippen LogP contribution in [0.1, 0.15) is 33.3 Å². The minimum absolute atomic E-state index is 0.00949. The number of halogens is 2. The molecule has 0 aliphatic heterocycles. The Bertz CT molecular complexity index is 547. The van der Waals surface area contributed by atoms with Crippen molar-refractivity contribution in [2.24, 2.45) is 10.8 Å². The maximum absolute atomic E-state index is 8.88. The van der Waals surface area contributed by atoms with Crippen LogP contribution in [0, 0.1) is 22.2 Å². The van der Waals surface area contributed by atoms with Gasteiger partial charge in [0.2, 0.25) is 0 Å². The fourth-order valence-corrected chi connectivity index (χ4v) is 4.28. The van der Waals surface area contributed by atoms with Gasteiger partial charge >= 0.3 is 0 Å². The maximum Gasteiger partial charge on any atom is 0.121 e. The quantitative estimate of drug-likeness (QED) is 0.853. The van der Waals surface area contributed by atoms with Gasteiger partial charge in [-0.25, -0.2) is 4.84 Å². The topological polar surface area (TPSA) is 45.0 Å². The van der Waals surface area contributed by atoms with E-state index in [0.29, 0.717) is 16.3 Å². The molecule has 5 heteroatoms. The summed E-state index contributed by atoms with van der Waals surface area (Å²) in [6.45, 7) is 8.48. The van der Waals surface area contributed by atoms with E-state index in [1.807, 2.05) is 6.07 Å². The molecule has 3 nitrogen and oxygen atoms in total. The van der Waals surface area contributed by atoms with Crippen LogP contribution in [0.3, 0.4) is 0 Å². The van der Waals surface area contributed by atoms with Crippen LogP contribution < -0.4 is 9.57 Å². The third kappa shape index (κ3) is 2.26. The molecule has 1 aromatic rings. The van der Waals surface area contributed by atoms with Gasteiger partial charge in [-0.1, -0.05) is 39.3 Å². The molecular formula is C15H18Cl2N2O. The lowest BCUT2D eigenvalue weighted by atomic mass is 9.50. The van der Waals surface area contributed by atoms with Gasteiger partial charge < -0.3 is 4.74 Å². The van der Waals surface area contributed by atoms with E-state index in [1.165, 1.54) is 0 Å².